The standard InChI is InChI=1S/C23H18INO2/c1-27-21-14-12-20(13-15-21)25(17-19-9-5-6-10-22(19)24)23(26)16-11-18-7-3-2-4-8-18/h2-10,12-15H,17H2,1H3. The SMILES string of the molecule is COc1ccc(N(Cc2ccccc2I)C(=O)C#Cc2ccccc2)cc1. The second kappa shape index (κ2) is 9.24. The Morgan fingerprint density at radius 3 is 2.30 bits per heavy atom. The predicted molar refractivity (Wildman–Crippen MR) is 117 cm³/mol. The number of anilines is 1. The Labute approximate surface area is 173 Å². The van der Waals surface area contributed by atoms with Crippen molar-refractivity contribution in [2.24, 2.45) is 0 Å². The van der Waals surface area contributed by atoms with Gasteiger partial charge in [0.1, 0.15) is 5.75 Å². The molecule has 27 heavy (non-hydrogen) atoms. The average molecular weight is 467 g/mol. The third-order valence-electron chi connectivity index (χ3n) is 4.00. The number of halogens is 1. The topological polar surface area (TPSA) is 29.5 Å². The first-order valence-corrected chi connectivity index (χ1v) is 9.51. The largest absolute Gasteiger partial charge is 0.497 e. The van der Waals surface area contributed by atoms with Gasteiger partial charge in [-0.05, 0) is 70.6 Å². The Bertz CT molecular complexity index is 973. The van der Waals surface area contributed by atoms with Crippen LogP contribution in [0.4, 0.5) is 5.69 Å². The number of amides is 1. The third-order valence-corrected chi connectivity index (χ3v) is 5.06. The molecule has 3 aromatic carbocycles. The van der Waals surface area contributed by atoms with E-state index in [1.807, 2.05) is 78.9 Å². The van der Waals surface area contributed by atoms with E-state index < -0.39 is 0 Å². The maximum absolute atomic E-state index is 12.9. The molecule has 0 spiro atoms. The molecule has 4 heteroatoms. The summed E-state index contributed by atoms with van der Waals surface area (Å²) in [6.07, 6.45) is 0. The molecule has 0 fully saturated rings. The average Bonchev–Trinajstić information content (AvgIpc) is 2.72. The van der Waals surface area contributed by atoms with Gasteiger partial charge in [0.25, 0.3) is 0 Å². The summed E-state index contributed by atoms with van der Waals surface area (Å²) in [4.78, 5) is 14.6. The fourth-order valence-electron chi connectivity index (χ4n) is 2.55. The second-order valence-electron chi connectivity index (χ2n) is 5.80. The van der Waals surface area contributed by atoms with Crippen molar-refractivity contribution in [2.75, 3.05) is 12.0 Å². The Kier molecular flexibility index (Phi) is 6.50. The van der Waals surface area contributed by atoms with Gasteiger partial charge in [-0.25, -0.2) is 0 Å². The highest BCUT2D eigenvalue weighted by Gasteiger charge is 2.16. The van der Waals surface area contributed by atoms with Crippen molar-refractivity contribution in [1.82, 2.24) is 0 Å². The van der Waals surface area contributed by atoms with E-state index in [-0.39, 0.29) is 5.91 Å². The Morgan fingerprint density at radius 2 is 1.63 bits per heavy atom. The number of ether oxygens (including phenoxy) is 1. The summed E-state index contributed by atoms with van der Waals surface area (Å²) in [5.74, 6) is 6.22. The monoisotopic (exact) mass is 467 g/mol. The summed E-state index contributed by atoms with van der Waals surface area (Å²) < 4.78 is 6.33. The Balaban J connectivity index is 1.92. The summed E-state index contributed by atoms with van der Waals surface area (Å²) in [5.41, 5.74) is 2.67. The van der Waals surface area contributed by atoms with E-state index in [0.717, 1.165) is 26.1 Å². The number of rotatable bonds is 4. The van der Waals surface area contributed by atoms with Crippen LogP contribution in [0.25, 0.3) is 0 Å². The molecule has 0 atom stereocenters. The fourth-order valence-corrected chi connectivity index (χ4v) is 3.11. The van der Waals surface area contributed by atoms with Gasteiger partial charge in [-0.3, -0.25) is 9.69 Å². The van der Waals surface area contributed by atoms with Gasteiger partial charge in [0.2, 0.25) is 0 Å². The summed E-state index contributed by atoms with van der Waals surface area (Å²) in [5, 5.41) is 0. The number of carbonyl (C=O) groups excluding carboxylic acids is 1. The zero-order chi connectivity index (χ0) is 19.1. The molecule has 3 aromatic rings. The first-order chi connectivity index (χ1) is 13.2. The minimum Gasteiger partial charge on any atom is -0.497 e. The summed E-state index contributed by atoms with van der Waals surface area (Å²) >= 11 is 2.28. The Morgan fingerprint density at radius 1 is 0.963 bits per heavy atom. The number of carbonyl (C=O) groups is 1. The van der Waals surface area contributed by atoms with E-state index in [9.17, 15) is 4.79 Å². The normalized spacial score (nSPS) is 9.85. The lowest BCUT2D eigenvalue weighted by Crippen LogP contribution is -2.29. The van der Waals surface area contributed by atoms with Gasteiger partial charge < -0.3 is 4.74 Å². The van der Waals surface area contributed by atoms with Crippen LogP contribution in [-0.2, 0) is 11.3 Å². The molecule has 0 aliphatic carbocycles. The van der Waals surface area contributed by atoms with Gasteiger partial charge in [-0.15, -0.1) is 0 Å². The molecule has 0 aliphatic rings. The van der Waals surface area contributed by atoms with E-state index in [2.05, 4.69) is 34.4 Å². The van der Waals surface area contributed by atoms with Crippen LogP contribution in [0.3, 0.4) is 0 Å². The smallest absolute Gasteiger partial charge is 0.303 e. The lowest BCUT2D eigenvalue weighted by atomic mass is 10.2. The molecule has 3 rings (SSSR count). The van der Waals surface area contributed by atoms with Gasteiger partial charge in [0.15, 0.2) is 0 Å². The van der Waals surface area contributed by atoms with E-state index in [1.54, 1.807) is 12.0 Å². The predicted octanol–water partition coefficient (Wildman–Crippen LogP) is 4.88. The molecule has 0 radical (unpaired) electrons. The molecule has 0 saturated heterocycles. The van der Waals surface area contributed by atoms with Gasteiger partial charge in [-0.2, -0.15) is 0 Å². The summed E-state index contributed by atoms with van der Waals surface area (Å²) in [7, 11) is 1.62. The number of nitrogens with zero attached hydrogens (tertiary/aromatic N) is 1. The van der Waals surface area contributed by atoms with E-state index >= 15 is 0 Å². The van der Waals surface area contributed by atoms with Crippen molar-refractivity contribution in [3.05, 3.63) is 93.6 Å². The van der Waals surface area contributed by atoms with Crippen LogP contribution in [-0.4, -0.2) is 13.0 Å². The van der Waals surface area contributed by atoms with E-state index in [0.29, 0.717) is 6.54 Å². The maximum Gasteiger partial charge on any atom is 0.303 e. The van der Waals surface area contributed by atoms with Gasteiger partial charge in [-0.1, -0.05) is 42.3 Å². The number of methoxy groups -OCH3 is 1. The van der Waals surface area contributed by atoms with Gasteiger partial charge in [0.05, 0.1) is 13.7 Å². The third kappa shape index (κ3) is 5.11. The molecule has 1 amide bonds. The number of hydrogen-bond donors (Lipinski definition) is 0. The van der Waals surface area contributed by atoms with Gasteiger partial charge in [0, 0.05) is 20.7 Å². The molecule has 134 valence electrons. The second-order valence-corrected chi connectivity index (χ2v) is 6.96. The van der Waals surface area contributed by atoms with Crippen molar-refractivity contribution in [3.63, 3.8) is 0 Å². The van der Waals surface area contributed by atoms with Crippen LogP contribution in [0.5, 0.6) is 5.75 Å². The summed E-state index contributed by atoms with van der Waals surface area (Å²) in [6, 6.07) is 25.0. The first-order valence-electron chi connectivity index (χ1n) is 8.43. The highest BCUT2D eigenvalue weighted by Crippen LogP contribution is 2.23. The molecule has 0 aliphatic heterocycles. The minimum atomic E-state index is -0.247. The van der Waals surface area contributed by atoms with Crippen molar-refractivity contribution >= 4 is 34.2 Å². The summed E-state index contributed by atoms with van der Waals surface area (Å²) in [6.45, 7) is 0.452. The fraction of sp³-hybridized carbons (Fsp3) is 0.0870. The van der Waals surface area contributed by atoms with E-state index in [4.69, 9.17) is 4.74 Å². The van der Waals surface area contributed by atoms with Crippen molar-refractivity contribution in [2.45, 2.75) is 6.54 Å². The lowest BCUT2D eigenvalue weighted by Gasteiger charge is -2.21. The molecule has 0 aromatic heterocycles. The van der Waals surface area contributed by atoms with Crippen LogP contribution in [0, 0.1) is 15.4 Å². The number of benzene rings is 3. The molecule has 0 N–H and O–H groups in total. The van der Waals surface area contributed by atoms with Crippen LogP contribution in [0.1, 0.15) is 11.1 Å². The molecule has 3 nitrogen and oxygen atoms in total. The molecular formula is C23H18INO2. The van der Waals surface area contributed by atoms with Crippen molar-refractivity contribution in [3.8, 4) is 17.6 Å². The van der Waals surface area contributed by atoms with Crippen LogP contribution >= 0.6 is 22.6 Å². The lowest BCUT2D eigenvalue weighted by molar-refractivity contribution is -0.113. The zero-order valence-corrected chi connectivity index (χ0v) is 17.0. The first kappa shape index (κ1) is 19.0. The molecule has 0 saturated carbocycles. The van der Waals surface area contributed by atoms with E-state index in [1.165, 1.54) is 0 Å². The number of hydrogen-bond acceptors (Lipinski definition) is 2. The van der Waals surface area contributed by atoms with Gasteiger partial charge >= 0.3 is 5.91 Å². The van der Waals surface area contributed by atoms with Crippen LogP contribution < -0.4 is 9.64 Å². The molecule has 0 unspecified atom stereocenters. The van der Waals surface area contributed by atoms with Crippen LogP contribution in [0.15, 0.2) is 78.9 Å². The van der Waals surface area contributed by atoms with Crippen molar-refractivity contribution < 1.29 is 9.53 Å². The highest BCUT2D eigenvalue weighted by molar-refractivity contribution is 14.1. The maximum atomic E-state index is 12.9. The van der Waals surface area contributed by atoms with Crippen molar-refractivity contribution in [1.29, 1.82) is 0 Å². The minimum absolute atomic E-state index is 0.247. The highest BCUT2D eigenvalue weighted by atomic mass is 127. The Hall–Kier alpha value is -2.78. The molecule has 0 heterocycles. The quantitative estimate of drug-likeness (QED) is 0.404. The molecule has 0 bridgehead atoms. The molecular weight excluding hydrogens is 449 g/mol. The zero-order valence-electron chi connectivity index (χ0n) is 14.9. The van der Waals surface area contributed by atoms with Crippen LogP contribution in [0.2, 0.25) is 0 Å².